The van der Waals surface area contributed by atoms with Crippen LogP contribution >= 0.6 is 0 Å². The predicted molar refractivity (Wildman–Crippen MR) is 59.9 cm³/mol. The van der Waals surface area contributed by atoms with Crippen LogP contribution in [-0.4, -0.2) is 18.0 Å². The van der Waals surface area contributed by atoms with Gasteiger partial charge in [-0.1, -0.05) is 30.3 Å². The number of nitrogens with zero attached hydrogens (tertiary/aromatic N) is 1. The maximum Gasteiger partial charge on any atom is 0.0233 e. The Balaban J connectivity index is 1.90. The molecule has 1 nitrogen and oxygen atoms in total. The Morgan fingerprint density at radius 2 is 1.86 bits per heavy atom. The van der Waals surface area contributed by atoms with Gasteiger partial charge in [0.15, 0.2) is 0 Å². The zero-order chi connectivity index (χ0) is 9.64. The molecule has 1 radical (unpaired) electrons. The van der Waals surface area contributed by atoms with Crippen molar-refractivity contribution in [2.75, 3.05) is 13.1 Å². The molecule has 0 N–H and O–H groups in total. The molecule has 0 amide bonds. The third-order valence-corrected chi connectivity index (χ3v) is 2.78. The van der Waals surface area contributed by atoms with Crippen molar-refractivity contribution in [2.45, 2.75) is 25.8 Å². The minimum atomic E-state index is 1.12. The van der Waals surface area contributed by atoms with Gasteiger partial charge in [-0.05, 0) is 44.3 Å². The normalized spacial score (nSPS) is 19.1. The van der Waals surface area contributed by atoms with Gasteiger partial charge in [0.05, 0.1) is 0 Å². The van der Waals surface area contributed by atoms with Gasteiger partial charge in [0.1, 0.15) is 0 Å². The van der Waals surface area contributed by atoms with Crippen LogP contribution in [0, 0.1) is 6.42 Å². The number of hydrogen-bond acceptors (Lipinski definition) is 1. The summed E-state index contributed by atoms with van der Waals surface area (Å²) in [5.74, 6) is 0. The number of rotatable bonds is 2. The molecule has 14 heavy (non-hydrogen) atoms. The van der Waals surface area contributed by atoms with Crippen molar-refractivity contribution in [3.63, 3.8) is 0 Å². The van der Waals surface area contributed by atoms with E-state index in [0.29, 0.717) is 0 Å². The van der Waals surface area contributed by atoms with E-state index < -0.39 is 0 Å². The van der Waals surface area contributed by atoms with Crippen LogP contribution < -0.4 is 0 Å². The van der Waals surface area contributed by atoms with E-state index in [1.165, 1.54) is 37.9 Å². The van der Waals surface area contributed by atoms with Crippen molar-refractivity contribution in [3.8, 4) is 0 Å². The highest BCUT2D eigenvalue weighted by atomic mass is 15.1. The second-order valence-electron chi connectivity index (χ2n) is 3.98. The second kappa shape index (κ2) is 5.16. The highest BCUT2D eigenvalue weighted by Crippen LogP contribution is 2.12. The number of likely N-dealkylation sites (tertiary alicyclic amines) is 1. The third kappa shape index (κ3) is 2.85. The lowest BCUT2D eigenvalue weighted by Crippen LogP contribution is -2.23. The molecule has 0 aliphatic carbocycles. The molecule has 1 heterocycles. The molecule has 1 heteroatoms. The van der Waals surface area contributed by atoms with Crippen LogP contribution in [0.1, 0.15) is 24.8 Å². The molecule has 0 unspecified atom stereocenters. The fourth-order valence-corrected chi connectivity index (χ4v) is 1.99. The van der Waals surface area contributed by atoms with E-state index in [1.807, 2.05) is 0 Å². The molecule has 0 aromatic heterocycles. The molecule has 0 spiro atoms. The molecule has 1 saturated heterocycles. The monoisotopic (exact) mass is 188 g/mol. The van der Waals surface area contributed by atoms with Crippen LogP contribution in [0.5, 0.6) is 0 Å². The topological polar surface area (TPSA) is 3.24 Å². The van der Waals surface area contributed by atoms with E-state index in [9.17, 15) is 0 Å². The second-order valence-corrected chi connectivity index (χ2v) is 3.98. The van der Waals surface area contributed by atoms with Crippen molar-refractivity contribution < 1.29 is 0 Å². The SMILES string of the molecule is [CH]1CCCN(Cc2ccccc2)CC1. The summed E-state index contributed by atoms with van der Waals surface area (Å²) in [4.78, 5) is 2.55. The zero-order valence-electron chi connectivity index (χ0n) is 8.65. The Hall–Kier alpha value is -0.820. The van der Waals surface area contributed by atoms with Crippen molar-refractivity contribution in [1.82, 2.24) is 4.90 Å². The Morgan fingerprint density at radius 1 is 1.00 bits per heavy atom. The lowest BCUT2D eigenvalue weighted by Gasteiger charge is -2.19. The molecule has 2 rings (SSSR count). The smallest absolute Gasteiger partial charge is 0.0233 e. The third-order valence-electron chi connectivity index (χ3n) is 2.78. The molecule has 0 bridgehead atoms. The molecule has 1 aliphatic heterocycles. The number of hydrogen-bond donors (Lipinski definition) is 0. The number of benzene rings is 1. The zero-order valence-corrected chi connectivity index (χ0v) is 8.65. The summed E-state index contributed by atoms with van der Waals surface area (Å²) < 4.78 is 0. The largest absolute Gasteiger partial charge is 0.299 e. The first-order valence-corrected chi connectivity index (χ1v) is 5.53. The molecule has 75 valence electrons. The summed E-state index contributed by atoms with van der Waals surface area (Å²) >= 11 is 0. The lowest BCUT2D eigenvalue weighted by atomic mass is 10.2. The quantitative estimate of drug-likeness (QED) is 0.690. The summed E-state index contributed by atoms with van der Waals surface area (Å²) in [5.41, 5.74) is 1.44. The Labute approximate surface area is 86.7 Å². The molecule has 1 aliphatic rings. The van der Waals surface area contributed by atoms with Crippen molar-refractivity contribution in [2.24, 2.45) is 0 Å². The maximum atomic E-state index is 2.55. The van der Waals surface area contributed by atoms with Gasteiger partial charge in [-0.15, -0.1) is 0 Å². The first-order chi connectivity index (χ1) is 6.95. The molecular weight excluding hydrogens is 170 g/mol. The van der Waals surface area contributed by atoms with Gasteiger partial charge in [-0.3, -0.25) is 4.90 Å². The Kier molecular flexibility index (Phi) is 3.58. The molecule has 0 saturated carbocycles. The molecular formula is C13H18N. The van der Waals surface area contributed by atoms with Crippen LogP contribution in [0.15, 0.2) is 30.3 Å². The van der Waals surface area contributed by atoms with E-state index in [2.05, 4.69) is 41.7 Å². The van der Waals surface area contributed by atoms with E-state index in [4.69, 9.17) is 0 Å². The van der Waals surface area contributed by atoms with Gasteiger partial charge in [0.2, 0.25) is 0 Å². The fourth-order valence-electron chi connectivity index (χ4n) is 1.99. The molecule has 1 aromatic rings. The van der Waals surface area contributed by atoms with Crippen LogP contribution in [-0.2, 0) is 6.54 Å². The van der Waals surface area contributed by atoms with Crippen LogP contribution in [0.25, 0.3) is 0 Å². The van der Waals surface area contributed by atoms with Gasteiger partial charge < -0.3 is 0 Å². The summed E-state index contributed by atoms with van der Waals surface area (Å²) in [5, 5.41) is 0. The highest BCUT2D eigenvalue weighted by molar-refractivity contribution is 5.14. The van der Waals surface area contributed by atoms with Crippen LogP contribution in [0.3, 0.4) is 0 Å². The average Bonchev–Trinajstić information content (AvgIpc) is 2.48. The average molecular weight is 188 g/mol. The van der Waals surface area contributed by atoms with Crippen molar-refractivity contribution in [1.29, 1.82) is 0 Å². The predicted octanol–water partition coefficient (Wildman–Crippen LogP) is 2.88. The van der Waals surface area contributed by atoms with Gasteiger partial charge in [-0.25, -0.2) is 0 Å². The first-order valence-electron chi connectivity index (χ1n) is 5.53. The van der Waals surface area contributed by atoms with E-state index in [0.717, 1.165) is 6.54 Å². The van der Waals surface area contributed by atoms with Gasteiger partial charge in [0.25, 0.3) is 0 Å². The minimum Gasteiger partial charge on any atom is -0.299 e. The molecule has 1 fully saturated rings. The molecule has 0 atom stereocenters. The summed E-state index contributed by atoms with van der Waals surface area (Å²) in [6.07, 6.45) is 6.30. The Bertz CT molecular complexity index is 247. The lowest BCUT2D eigenvalue weighted by molar-refractivity contribution is 0.278. The van der Waals surface area contributed by atoms with Crippen molar-refractivity contribution >= 4 is 0 Å². The van der Waals surface area contributed by atoms with Gasteiger partial charge in [-0.2, -0.15) is 0 Å². The summed E-state index contributed by atoms with van der Waals surface area (Å²) in [6, 6.07) is 10.8. The van der Waals surface area contributed by atoms with E-state index >= 15 is 0 Å². The van der Waals surface area contributed by atoms with Gasteiger partial charge >= 0.3 is 0 Å². The minimum absolute atomic E-state index is 1.12. The van der Waals surface area contributed by atoms with Gasteiger partial charge in [0, 0.05) is 6.54 Å². The standard InChI is InChI=1S/C13H18N/c1-2-7-11-14(10-6-1)12-13-8-4-3-5-9-13/h1,3-5,8-9H,2,6-7,10-12H2. The first kappa shape index (κ1) is 9.72. The van der Waals surface area contributed by atoms with Crippen LogP contribution in [0.2, 0.25) is 0 Å². The maximum absolute atomic E-state index is 2.55. The molecule has 1 aromatic carbocycles. The van der Waals surface area contributed by atoms with Crippen molar-refractivity contribution in [3.05, 3.63) is 42.3 Å². The summed E-state index contributed by atoms with van der Waals surface area (Å²) in [7, 11) is 0. The highest BCUT2D eigenvalue weighted by Gasteiger charge is 2.08. The fraction of sp³-hybridized carbons (Fsp3) is 0.462. The Morgan fingerprint density at radius 3 is 2.71 bits per heavy atom. The van der Waals surface area contributed by atoms with E-state index in [-0.39, 0.29) is 0 Å². The van der Waals surface area contributed by atoms with Crippen LogP contribution in [0.4, 0.5) is 0 Å². The van der Waals surface area contributed by atoms with E-state index in [1.54, 1.807) is 0 Å². The summed E-state index contributed by atoms with van der Waals surface area (Å²) in [6.45, 7) is 3.61.